The van der Waals surface area contributed by atoms with Crippen LogP contribution in [0.2, 0.25) is 0 Å². The number of hydrogen-bond donors (Lipinski definition) is 1. The molecule has 0 atom stereocenters. The van der Waals surface area contributed by atoms with Crippen molar-refractivity contribution in [1.82, 2.24) is 10.5 Å². The molecular weight excluding hydrogens is 320 g/mol. The van der Waals surface area contributed by atoms with Crippen molar-refractivity contribution in [2.24, 2.45) is 0 Å². The van der Waals surface area contributed by atoms with Gasteiger partial charge in [-0.2, -0.15) is 0 Å². The van der Waals surface area contributed by atoms with E-state index in [1.807, 2.05) is 25.1 Å². The maximum Gasteiger partial charge on any atom is 0.138 e. The van der Waals surface area contributed by atoms with Gasteiger partial charge in [0.15, 0.2) is 0 Å². The summed E-state index contributed by atoms with van der Waals surface area (Å²) in [7, 11) is 0. The molecule has 1 N–H and O–H groups in total. The summed E-state index contributed by atoms with van der Waals surface area (Å²) in [5.74, 6) is 1.64. The Morgan fingerprint density at radius 2 is 2.20 bits per heavy atom. The lowest BCUT2D eigenvalue weighted by atomic mass is 10.2. The molecule has 1 aromatic heterocycles. The van der Waals surface area contributed by atoms with E-state index >= 15 is 0 Å². The summed E-state index contributed by atoms with van der Waals surface area (Å²) in [5.41, 5.74) is 1.91. The molecule has 2 rings (SSSR count). The molecule has 108 valence electrons. The van der Waals surface area contributed by atoms with Crippen molar-refractivity contribution >= 4 is 15.9 Å². The number of ether oxygens (including phenoxy) is 1. The number of rotatable bonds is 6. The topological polar surface area (TPSA) is 47.3 Å². The number of benzene rings is 1. The van der Waals surface area contributed by atoms with Gasteiger partial charge < -0.3 is 14.6 Å². The van der Waals surface area contributed by atoms with Crippen LogP contribution in [0.5, 0.6) is 5.75 Å². The van der Waals surface area contributed by atoms with Crippen LogP contribution in [0.25, 0.3) is 0 Å². The van der Waals surface area contributed by atoms with Crippen molar-refractivity contribution in [1.29, 1.82) is 0 Å². The smallest absolute Gasteiger partial charge is 0.138 e. The standard InChI is InChI=1S/C15H19BrN2O2/c1-10(2)17-8-12-5-4-6-14(16)15(12)19-9-13-7-11(3)20-18-13/h4-7,10,17H,8-9H2,1-3H3. The van der Waals surface area contributed by atoms with Crippen molar-refractivity contribution < 1.29 is 9.26 Å². The van der Waals surface area contributed by atoms with Crippen LogP contribution in [0.15, 0.2) is 33.3 Å². The van der Waals surface area contributed by atoms with Crippen molar-refractivity contribution in [3.63, 3.8) is 0 Å². The molecule has 0 aliphatic heterocycles. The minimum absolute atomic E-state index is 0.397. The highest BCUT2D eigenvalue weighted by molar-refractivity contribution is 9.10. The lowest BCUT2D eigenvalue weighted by Crippen LogP contribution is -2.22. The van der Waals surface area contributed by atoms with Crippen LogP contribution in [0.3, 0.4) is 0 Å². The van der Waals surface area contributed by atoms with E-state index in [0.29, 0.717) is 12.6 Å². The number of aryl methyl sites for hydroxylation is 1. The fourth-order valence-electron chi connectivity index (χ4n) is 1.80. The summed E-state index contributed by atoms with van der Waals surface area (Å²) in [4.78, 5) is 0. The molecular formula is C15H19BrN2O2. The molecule has 0 unspecified atom stereocenters. The third-order valence-electron chi connectivity index (χ3n) is 2.79. The van der Waals surface area contributed by atoms with Gasteiger partial charge in [0, 0.05) is 24.2 Å². The zero-order valence-electron chi connectivity index (χ0n) is 11.9. The molecule has 0 amide bonds. The third kappa shape index (κ3) is 4.08. The Hall–Kier alpha value is -1.33. The Morgan fingerprint density at radius 1 is 1.40 bits per heavy atom. The van der Waals surface area contributed by atoms with Gasteiger partial charge in [0.05, 0.1) is 4.47 Å². The number of hydrogen-bond acceptors (Lipinski definition) is 4. The van der Waals surface area contributed by atoms with Gasteiger partial charge >= 0.3 is 0 Å². The molecule has 2 aromatic rings. The maximum atomic E-state index is 5.89. The summed E-state index contributed by atoms with van der Waals surface area (Å²) < 4.78 is 11.9. The van der Waals surface area contributed by atoms with Crippen molar-refractivity contribution in [2.75, 3.05) is 0 Å². The average Bonchev–Trinajstić information content (AvgIpc) is 2.81. The molecule has 5 heteroatoms. The lowest BCUT2D eigenvalue weighted by molar-refractivity contribution is 0.282. The monoisotopic (exact) mass is 338 g/mol. The Balaban J connectivity index is 2.08. The van der Waals surface area contributed by atoms with Gasteiger partial charge in [-0.15, -0.1) is 0 Å². The van der Waals surface area contributed by atoms with Crippen LogP contribution >= 0.6 is 15.9 Å². The first-order valence-corrected chi connectivity index (χ1v) is 7.41. The number of nitrogens with zero attached hydrogens (tertiary/aromatic N) is 1. The molecule has 0 bridgehead atoms. The Labute approximate surface area is 127 Å². The predicted octanol–water partition coefficient (Wildman–Crippen LogP) is 3.82. The number of para-hydroxylation sites is 1. The van der Waals surface area contributed by atoms with Gasteiger partial charge in [-0.3, -0.25) is 0 Å². The van der Waals surface area contributed by atoms with Gasteiger partial charge in [0.1, 0.15) is 23.8 Å². The van der Waals surface area contributed by atoms with E-state index in [1.54, 1.807) is 0 Å². The normalized spacial score (nSPS) is 11.1. The number of nitrogens with one attached hydrogen (secondary N) is 1. The first kappa shape index (κ1) is 15.1. The molecule has 0 saturated carbocycles. The second kappa shape index (κ2) is 6.90. The fraction of sp³-hybridized carbons (Fsp3) is 0.400. The lowest BCUT2D eigenvalue weighted by Gasteiger charge is -2.14. The van der Waals surface area contributed by atoms with Crippen LogP contribution in [0.4, 0.5) is 0 Å². The van der Waals surface area contributed by atoms with Gasteiger partial charge in [0.25, 0.3) is 0 Å². The van der Waals surface area contributed by atoms with E-state index in [-0.39, 0.29) is 0 Å². The molecule has 0 aliphatic rings. The fourth-order valence-corrected chi connectivity index (χ4v) is 2.32. The van der Waals surface area contributed by atoms with E-state index in [4.69, 9.17) is 9.26 Å². The van der Waals surface area contributed by atoms with Gasteiger partial charge in [-0.05, 0) is 28.9 Å². The number of halogens is 1. The third-order valence-corrected chi connectivity index (χ3v) is 3.41. The van der Waals surface area contributed by atoms with E-state index in [0.717, 1.165) is 33.8 Å². The second-order valence-corrected chi connectivity index (χ2v) is 5.84. The van der Waals surface area contributed by atoms with Crippen molar-refractivity contribution in [3.05, 3.63) is 45.8 Å². The van der Waals surface area contributed by atoms with E-state index in [2.05, 4.69) is 46.3 Å². The summed E-state index contributed by atoms with van der Waals surface area (Å²) in [6.45, 7) is 7.28. The Kier molecular flexibility index (Phi) is 5.20. The predicted molar refractivity (Wildman–Crippen MR) is 81.7 cm³/mol. The summed E-state index contributed by atoms with van der Waals surface area (Å²) in [6, 6.07) is 8.35. The zero-order chi connectivity index (χ0) is 14.5. The van der Waals surface area contributed by atoms with Gasteiger partial charge in [-0.25, -0.2) is 0 Å². The minimum Gasteiger partial charge on any atom is -0.486 e. The molecule has 0 radical (unpaired) electrons. The summed E-state index contributed by atoms with van der Waals surface area (Å²) in [5, 5.41) is 7.33. The highest BCUT2D eigenvalue weighted by Crippen LogP contribution is 2.29. The van der Waals surface area contributed by atoms with Gasteiger partial charge in [0.2, 0.25) is 0 Å². The molecule has 0 saturated heterocycles. The Bertz CT molecular complexity index is 567. The average molecular weight is 339 g/mol. The first-order chi connectivity index (χ1) is 9.56. The van der Waals surface area contributed by atoms with Gasteiger partial charge in [-0.1, -0.05) is 31.1 Å². The van der Waals surface area contributed by atoms with E-state index < -0.39 is 0 Å². The highest BCUT2D eigenvalue weighted by atomic mass is 79.9. The quantitative estimate of drug-likeness (QED) is 0.869. The van der Waals surface area contributed by atoms with E-state index in [9.17, 15) is 0 Å². The molecule has 0 fully saturated rings. The molecule has 1 heterocycles. The van der Waals surface area contributed by atoms with Crippen molar-refractivity contribution in [3.8, 4) is 5.75 Å². The van der Waals surface area contributed by atoms with Crippen LogP contribution in [0, 0.1) is 6.92 Å². The van der Waals surface area contributed by atoms with Crippen LogP contribution in [-0.2, 0) is 13.2 Å². The maximum absolute atomic E-state index is 5.89. The Morgan fingerprint density at radius 3 is 2.85 bits per heavy atom. The zero-order valence-corrected chi connectivity index (χ0v) is 13.5. The SMILES string of the molecule is Cc1cc(COc2c(Br)cccc2CNC(C)C)no1. The largest absolute Gasteiger partial charge is 0.486 e. The summed E-state index contributed by atoms with van der Waals surface area (Å²) in [6.07, 6.45) is 0. The second-order valence-electron chi connectivity index (χ2n) is 4.98. The highest BCUT2D eigenvalue weighted by Gasteiger charge is 2.10. The van der Waals surface area contributed by atoms with Crippen LogP contribution < -0.4 is 10.1 Å². The molecule has 4 nitrogen and oxygen atoms in total. The molecule has 1 aromatic carbocycles. The van der Waals surface area contributed by atoms with Crippen molar-refractivity contribution in [2.45, 2.75) is 40.0 Å². The minimum atomic E-state index is 0.397. The molecule has 0 aliphatic carbocycles. The summed E-state index contributed by atoms with van der Waals surface area (Å²) >= 11 is 3.54. The number of aromatic nitrogens is 1. The molecule has 20 heavy (non-hydrogen) atoms. The van der Waals surface area contributed by atoms with Crippen LogP contribution in [0.1, 0.15) is 30.9 Å². The van der Waals surface area contributed by atoms with Crippen LogP contribution in [-0.4, -0.2) is 11.2 Å². The molecule has 0 spiro atoms. The first-order valence-electron chi connectivity index (χ1n) is 6.62. The van der Waals surface area contributed by atoms with E-state index in [1.165, 1.54) is 0 Å².